The number of nitro benzene ring substituents is 1. The summed E-state index contributed by atoms with van der Waals surface area (Å²) in [5.41, 5.74) is 1.48. The molecule has 2 N–H and O–H groups in total. The Balaban J connectivity index is 1.61. The van der Waals surface area contributed by atoms with Crippen molar-refractivity contribution in [3.8, 4) is 0 Å². The molecule has 0 spiro atoms. The van der Waals surface area contributed by atoms with E-state index in [4.69, 9.17) is 16.3 Å². The van der Waals surface area contributed by atoms with Gasteiger partial charge < -0.3 is 15.4 Å². The third kappa shape index (κ3) is 4.98. The molecule has 0 bridgehead atoms. The Morgan fingerprint density at radius 3 is 2.57 bits per heavy atom. The maximum absolute atomic E-state index is 12.2. The summed E-state index contributed by atoms with van der Waals surface area (Å²) in [5, 5.41) is 17.5. The van der Waals surface area contributed by atoms with E-state index in [0.29, 0.717) is 16.4 Å². The first-order valence-electron chi connectivity index (χ1n) is 8.61. The van der Waals surface area contributed by atoms with Crippen LogP contribution in [-0.4, -0.2) is 29.4 Å². The minimum atomic E-state index is -0.816. The summed E-state index contributed by atoms with van der Waals surface area (Å²) < 4.78 is 4.97. The van der Waals surface area contributed by atoms with Crippen LogP contribution in [0.15, 0.2) is 36.4 Å². The van der Waals surface area contributed by atoms with Gasteiger partial charge in [-0.15, -0.1) is 0 Å². The highest BCUT2D eigenvalue weighted by Crippen LogP contribution is 2.31. The summed E-state index contributed by atoms with van der Waals surface area (Å²) in [5.74, 6) is -1.34. The van der Waals surface area contributed by atoms with Crippen molar-refractivity contribution in [2.45, 2.75) is 25.8 Å². The van der Waals surface area contributed by atoms with Crippen molar-refractivity contribution < 1.29 is 19.2 Å². The minimum Gasteiger partial charge on any atom is -0.452 e. The van der Waals surface area contributed by atoms with E-state index >= 15 is 0 Å². The highest BCUT2D eigenvalue weighted by atomic mass is 35.5. The molecule has 1 fully saturated rings. The number of anilines is 2. The Morgan fingerprint density at radius 1 is 1.21 bits per heavy atom. The van der Waals surface area contributed by atoms with Gasteiger partial charge in [0.1, 0.15) is 5.69 Å². The molecule has 0 saturated heterocycles. The number of benzene rings is 2. The van der Waals surface area contributed by atoms with E-state index in [9.17, 15) is 19.7 Å². The van der Waals surface area contributed by atoms with E-state index in [1.54, 1.807) is 25.1 Å². The molecule has 8 nitrogen and oxygen atoms in total. The number of nitrogens with zero attached hydrogens (tertiary/aromatic N) is 1. The highest BCUT2D eigenvalue weighted by molar-refractivity contribution is 6.30. The lowest BCUT2D eigenvalue weighted by molar-refractivity contribution is -0.384. The maximum Gasteiger partial charge on any atom is 0.338 e. The van der Waals surface area contributed by atoms with Gasteiger partial charge in [0.2, 0.25) is 0 Å². The number of ether oxygens (including phenoxy) is 1. The van der Waals surface area contributed by atoms with Crippen molar-refractivity contribution in [2.24, 2.45) is 0 Å². The zero-order chi connectivity index (χ0) is 20.3. The average molecular weight is 404 g/mol. The Labute approximate surface area is 166 Å². The molecular formula is C19H18ClN3O5. The molecule has 3 rings (SSSR count). The van der Waals surface area contributed by atoms with E-state index < -0.39 is 23.4 Å². The van der Waals surface area contributed by atoms with Crippen LogP contribution >= 0.6 is 11.6 Å². The number of halogens is 1. The fourth-order valence-electron chi connectivity index (χ4n) is 2.55. The molecule has 28 heavy (non-hydrogen) atoms. The quantitative estimate of drug-likeness (QED) is 0.411. The van der Waals surface area contributed by atoms with Gasteiger partial charge >= 0.3 is 5.97 Å². The molecule has 0 radical (unpaired) electrons. The van der Waals surface area contributed by atoms with Crippen LogP contribution in [0.4, 0.5) is 17.1 Å². The van der Waals surface area contributed by atoms with Crippen LogP contribution < -0.4 is 10.6 Å². The monoisotopic (exact) mass is 403 g/mol. The van der Waals surface area contributed by atoms with Crippen LogP contribution in [-0.2, 0) is 9.53 Å². The largest absolute Gasteiger partial charge is 0.452 e. The van der Waals surface area contributed by atoms with Gasteiger partial charge in [-0.3, -0.25) is 14.9 Å². The van der Waals surface area contributed by atoms with E-state index in [-0.39, 0.29) is 17.3 Å². The zero-order valence-electron chi connectivity index (χ0n) is 15.0. The Hall–Kier alpha value is -3.13. The number of esters is 1. The lowest BCUT2D eigenvalue weighted by Gasteiger charge is -2.10. The van der Waals surface area contributed by atoms with E-state index in [2.05, 4.69) is 10.6 Å². The van der Waals surface area contributed by atoms with Crippen molar-refractivity contribution in [1.82, 2.24) is 0 Å². The summed E-state index contributed by atoms with van der Waals surface area (Å²) >= 11 is 5.87. The fourth-order valence-corrected chi connectivity index (χ4v) is 2.77. The SMILES string of the molecule is Cc1cc(Cl)ccc1NC(=O)COC(=O)c1ccc(NC2CC2)c([N+](=O)[O-])c1. The molecule has 9 heteroatoms. The molecule has 1 aliphatic rings. The number of aryl methyl sites for hydroxylation is 1. The second-order valence-electron chi connectivity index (χ2n) is 6.49. The number of carbonyl (C=O) groups is 2. The lowest BCUT2D eigenvalue weighted by atomic mass is 10.1. The molecule has 1 aliphatic carbocycles. The number of carbonyl (C=O) groups excluding carboxylic acids is 2. The van der Waals surface area contributed by atoms with Crippen LogP contribution in [0, 0.1) is 17.0 Å². The molecule has 146 valence electrons. The summed E-state index contributed by atoms with van der Waals surface area (Å²) in [6.45, 7) is 1.26. The predicted molar refractivity (Wildman–Crippen MR) is 105 cm³/mol. The third-order valence-electron chi connectivity index (χ3n) is 4.16. The minimum absolute atomic E-state index is 0.00326. The number of nitro groups is 1. The van der Waals surface area contributed by atoms with Crippen molar-refractivity contribution in [3.05, 3.63) is 62.7 Å². The van der Waals surface area contributed by atoms with Crippen LogP contribution in [0.5, 0.6) is 0 Å². The second-order valence-corrected chi connectivity index (χ2v) is 6.93. The summed E-state index contributed by atoms with van der Waals surface area (Å²) in [6.07, 6.45) is 1.92. The maximum atomic E-state index is 12.2. The zero-order valence-corrected chi connectivity index (χ0v) is 15.8. The van der Waals surface area contributed by atoms with Crippen LogP contribution in [0.2, 0.25) is 5.02 Å². The number of hydrogen-bond acceptors (Lipinski definition) is 6. The van der Waals surface area contributed by atoms with Gasteiger partial charge in [-0.1, -0.05) is 11.6 Å². The first kappa shape index (κ1) is 19.6. The summed E-state index contributed by atoms with van der Waals surface area (Å²) in [4.78, 5) is 34.9. The van der Waals surface area contributed by atoms with Gasteiger partial charge in [-0.2, -0.15) is 0 Å². The van der Waals surface area contributed by atoms with Crippen LogP contribution in [0.1, 0.15) is 28.8 Å². The fraction of sp³-hybridized carbons (Fsp3) is 0.263. The van der Waals surface area contributed by atoms with Crippen molar-refractivity contribution in [1.29, 1.82) is 0 Å². The Bertz CT molecular complexity index is 943. The molecule has 0 aliphatic heterocycles. The van der Waals surface area contributed by atoms with Gasteiger partial charge in [0, 0.05) is 22.8 Å². The van der Waals surface area contributed by atoms with Gasteiger partial charge in [0.15, 0.2) is 6.61 Å². The van der Waals surface area contributed by atoms with Gasteiger partial charge in [0.05, 0.1) is 10.5 Å². The number of amides is 1. The standard InChI is InChI=1S/C19H18ClN3O5/c1-11-8-13(20)3-7-15(11)22-18(24)10-28-19(25)12-2-6-16(21-14-4-5-14)17(9-12)23(26)27/h2-3,6-9,14,21H,4-5,10H2,1H3,(H,22,24). The second kappa shape index (κ2) is 8.26. The van der Waals surface area contributed by atoms with Crippen LogP contribution in [0.3, 0.4) is 0 Å². The summed E-state index contributed by atoms with van der Waals surface area (Å²) in [7, 11) is 0. The van der Waals surface area contributed by atoms with Gasteiger partial charge in [0.25, 0.3) is 11.6 Å². The molecule has 2 aromatic carbocycles. The molecule has 1 saturated carbocycles. The van der Waals surface area contributed by atoms with E-state index in [0.717, 1.165) is 24.5 Å². The molecule has 1 amide bonds. The lowest BCUT2D eigenvalue weighted by Crippen LogP contribution is -2.21. The topological polar surface area (TPSA) is 111 Å². The smallest absolute Gasteiger partial charge is 0.338 e. The normalized spacial score (nSPS) is 12.9. The predicted octanol–water partition coefficient (Wildman–Crippen LogP) is 3.93. The van der Waals surface area contributed by atoms with Crippen molar-refractivity contribution >= 4 is 40.5 Å². The molecule has 0 heterocycles. The van der Waals surface area contributed by atoms with Crippen molar-refractivity contribution in [3.63, 3.8) is 0 Å². The Kier molecular flexibility index (Phi) is 5.79. The van der Waals surface area contributed by atoms with E-state index in [1.807, 2.05) is 0 Å². The molecule has 2 aromatic rings. The highest BCUT2D eigenvalue weighted by Gasteiger charge is 2.26. The number of hydrogen-bond donors (Lipinski definition) is 2. The Morgan fingerprint density at radius 2 is 1.93 bits per heavy atom. The molecule has 0 aromatic heterocycles. The average Bonchev–Trinajstić information content (AvgIpc) is 3.46. The van der Waals surface area contributed by atoms with Crippen molar-refractivity contribution in [2.75, 3.05) is 17.2 Å². The number of rotatable bonds is 7. The van der Waals surface area contributed by atoms with Gasteiger partial charge in [-0.25, -0.2) is 4.79 Å². The van der Waals surface area contributed by atoms with Crippen LogP contribution in [0.25, 0.3) is 0 Å². The molecule has 0 atom stereocenters. The molecule has 0 unspecified atom stereocenters. The first-order chi connectivity index (χ1) is 13.3. The van der Waals surface area contributed by atoms with E-state index in [1.165, 1.54) is 12.1 Å². The first-order valence-corrected chi connectivity index (χ1v) is 8.99. The number of nitrogens with one attached hydrogen (secondary N) is 2. The molecular weight excluding hydrogens is 386 g/mol. The summed E-state index contributed by atoms with van der Waals surface area (Å²) in [6, 6.07) is 9.26. The third-order valence-corrected chi connectivity index (χ3v) is 4.40. The van der Waals surface area contributed by atoms with Gasteiger partial charge in [-0.05, 0) is 55.7 Å².